The third-order valence-corrected chi connectivity index (χ3v) is 9.61. The summed E-state index contributed by atoms with van der Waals surface area (Å²) in [5.74, 6) is 3.18. The first-order chi connectivity index (χ1) is 25.2. The van der Waals surface area contributed by atoms with Crippen LogP contribution in [-0.2, 0) is 25.7 Å². The lowest BCUT2D eigenvalue weighted by molar-refractivity contribution is 0.190. The van der Waals surface area contributed by atoms with Crippen LogP contribution in [0.5, 0.6) is 23.0 Å². The first-order valence-corrected chi connectivity index (χ1v) is 19.4. The highest BCUT2D eigenvalue weighted by Gasteiger charge is 2.24. The van der Waals surface area contributed by atoms with Gasteiger partial charge in [-0.05, 0) is 70.2 Å². The molecule has 0 saturated heterocycles. The Labute approximate surface area is 311 Å². The fourth-order valence-corrected chi connectivity index (χ4v) is 7.07. The molecule has 0 amide bonds. The molecule has 0 heterocycles. The molecule has 4 aromatic rings. The Morgan fingerprint density at radius 3 is 0.692 bits per heavy atom. The molecule has 5 rings (SSSR count). The van der Waals surface area contributed by atoms with Gasteiger partial charge in [-0.25, -0.2) is 0 Å². The molecule has 52 heavy (non-hydrogen) atoms. The molecule has 0 fully saturated rings. The summed E-state index contributed by atoms with van der Waals surface area (Å²) in [7, 11) is 0. The normalized spacial score (nSPS) is 14.9. The summed E-state index contributed by atoms with van der Waals surface area (Å²) >= 11 is 0. The van der Waals surface area contributed by atoms with Gasteiger partial charge in [0.25, 0.3) is 0 Å². The summed E-state index contributed by atoms with van der Waals surface area (Å²) in [6.07, 6.45) is 7.11. The van der Waals surface area contributed by atoms with E-state index in [1.807, 2.05) is 0 Å². The molecule has 4 aromatic carbocycles. The quantitative estimate of drug-likeness (QED) is 0.0752. The highest BCUT2D eigenvalue weighted by molar-refractivity contribution is 5.56. The lowest BCUT2D eigenvalue weighted by atomic mass is 9.91. The van der Waals surface area contributed by atoms with Gasteiger partial charge in [0.15, 0.2) is 0 Å². The molecule has 8 bridgehead atoms. The van der Waals surface area contributed by atoms with Gasteiger partial charge in [0.2, 0.25) is 0 Å². The number of benzene rings is 4. The SMILES string of the molecule is CCCC(N)Oc1c2cccc1Cc1cccc(c1OC(N)CCC)Cc1cccc(c1OC(N)CCC)Cc1cccc(c1OC(N)CCC)C2. The zero-order chi connectivity index (χ0) is 37.0. The van der Waals surface area contributed by atoms with Crippen LogP contribution in [0, 0.1) is 0 Å². The van der Waals surface area contributed by atoms with Crippen molar-refractivity contribution >= 4 is 0 Å². The minimum atomic E-state index is -0.446. The standard InChI is InChI=1S/C44H60N4O4/c1-5-13-37(45)49-41-29-17-9-18-30(41)26-32-20-11-22-34(43(32)51-39(47)15-7-3)28-36-24-12-23-35(44(36)52-40(48)16-8-4)27-33-21-10-19-31(25-29)42(33)50-38(46)14-6-2/h9-12,17-24,37-40H,5-8,13-16,25-28,45-48H2,1-4H3. The molecule has 8 heteroatoms. The molecule has 0 aliphatic heterocycles. The monoisotopic (exact) mass is 708 g/mol. The van der Waals surface area contributed by atoms with E-state index in [1.54, 1.807) is 0 Å². The second-order valence-corrected chi connectivity index (χ2v) is 14.1. The summed E-state index contributed by atoms with van der Waals surface area (Å²) in [4.78, 5) is 0. The van der Waals surface area contributed by atoms with Crippen LogP contribution < -0.4 is 41.9 Å². The van der Waals surface area contributed by atoms with E-state index in [4.69, 9.17) is 41.9 Å². The maximum atomic E-state index is 6.65. The van der Waals surface area contributed by atoms with Crippen LogP contribution in [-0.4, -0.2) is 24.9 Å². The van der Waals surface area contributed by atoms with E-state index >= 15 is 0 Å². The van der Waals surface area contributed by atoms with Crippen LogP contribution >= 0.6 is 0 Å². The molecule has 4 atom stereocenters. The number of ether oxygens (including phenoxy) is 4. The molecule has 0 radical (unpaired) electrons. The van der Waals surface area contributed by atoms with Crippen molar-refractivity contribution in [3.05, 3.63) is 117 Å². The van der Waals surface area contributed by atoms with Crippen molar-refractivity contribution in [2.45, 2.75) is 130 Å². The average molecular weight is 709 g/mol. The van der Waals surface area contributed by atoms with E-state index in [9.17, 15) is 0 Å². The number of rotatable bonds is 16. The van der Waals surface area contributed by atoms with Crippen LogP contribution in [0.4, 0.5) is 0 Å². The second kappa shape index (κ2) is 19.1. The molecule has 0 spiro atoms. The van der Waals surface area contributed by atoms with E-state index < -0.39 is 24.9 Å². The first-order valence-electron chi connectivity index (χ1n) is 19.4. The summed E-state index contributed by atoms with van der Waals surface area (Å²) in [5.41, 5.74) is 34.6. The Balaban J connectivity index is 1.76. The molecule has 0 aromatic heterocycles. The van der Waals surface area contributed by atoms with Crippen LogP contribution in [0.3, 0.4) is 0 Å². The van der Waals surface area contributed by atoms with Gasteiger partial charge in [-0.2, -0.15) is 0 Å². The van der Waals surface area contributed by atoms with Gasteiger partial charge in [0, 0.05) is 25.7 Å². The molecular weight excluding hydrogens is 649 g/mol. The highest BCUT2D eigenvalue weighted by Crippen LogP contribution is 2.39. The van der Waals surface area contributed by atoms with Gasteiger partial charge in [-0.15, -0.1) is 0 Å². The smallest absolute Gasteiger partial charge is 0.147 e. The molecule has 4 unspecified atom stereocenters. The summed E-state index contributed by atoms with van der Waals surface area (Å²) < 4.78 is 26.6. The van der Waals surface area contributed by atoms with Crippen LogP contribution in [0.25, 0.3) is 0 Å². The van der Waals surface area contributed by atoms with Crippen molar-refractivity contribution in [2.24, 2.45) is 22.9 Å². The number of hydrogen-bond donors (Lipinski definition) is 4. The lowest BCUT2D eigenvalue weighted by Gasteiger charge is -2.26. The zero-order valence-corrected chi connectivity index (χ0v) is 31.7. The number of hydrogen-bond acceptors (Lipinski definition) is 8. The largest absolute Gasteiger partial charge is 0.475 e. The van der Waals surface area contributed by atoms with Crippen molar-refractivity contribution in [2.75, 3.05) is 0 Å². The van der Waals surface area contributed by atoms with E-state index in [0.717, 1.165) is 119 Å². The predicted molar refractivity (Wildman–Crippen MR) is 211 cm³/mol. The van der Waals surface area contributed by atoms with Crippen LogP contribution in [0.1, 0.15) is 124 Å². The van der Waals surface area contributed by atoms with Crippen molar-refractivity contribution in [1.82, 2.24) is 0 Å². The number of para-hydroxylation sites is 4. The fraction of sp³-hybridized carbons (Fsp3) is 0.455. The number of nitrogens with two attached hydrogens (primary N) is 4. The third-order valence-electron chi connectivity index (χ3n) is 9.61. The summed E-state index contributed by atoms with van der Waals surface area (Å²) in [6, 6.07) is 25.4. The molecule has 1 aliphatic rings. The van der Waals surface area contributed by atoms with Gasteiger partial charge >= 0.3 is 0 Å². The minimum Gasteiger partial charge on any atom is -0.475 e. The van der Waals surface area contributed by atoms with E-state index in [1.165, 1.54) is 0 Å². The van der Waals surface area contributed by atoms with Gasteiger partial charge < -0.3 is 18.9 Å². The molecule has 280 valence electrons. The van der Waals surface area contributed by atoms with Crippen molar-refractivity contribution in [1.29, 1.82) is 0 Å². The molecule has 0 saturated carbocycles. The van der Waals surface area contributed by atoms with Crippen molar-refractivity contribution in [3.63, 3.8) is 0 Å². The zero-order valence-electron chi connectivity index (χ0n) is 31.7. The third kappa shape index (κ3) is 10.1. The summed E-state index contributed by atoms with van der Waals surface area (Å²) in [5, 5.41) is 0. The van der Waals surface area contributed by atoms with Crippen molar-refractivity contribution in [3.8, 4) is 23.0 Å². The van der Waals surface area contributed by atoms with E-state index in [2.05, 4.69) is 100 Å². The van der Waals surface area contributed by atoms with Gasteiger partial charge in [-0.3, -0.25) is 22.9 Å². The maximum absolute atomic E-state index is 6.65. The van der Waals surface area contributed by atoms with E-state index in [0.29, 0.717) is 25.7 Å². The average Bonchev–Trinajstić information content (AvgIpc) is 3.10. The predicted octanol–water partition coefficient (Wildman–Crippen LogP) is 8.22. The molecule has 8 nitrogen and oxygen atoms in total. The van der Waals surface area contributed by atoms with Crippen LogP contribution in [0.15, 0.2) is 72.8 Å². The van der Waals surface area contributed by atoms with Gasteiger partial charge in [-0.1, -0.05) is 126 Å². The Kier molecular flexibility index (Phi) is 14.4. The van der Waals surface area contributed by atoms with Crippen LogP contribution in [0.2, 0.25) is 0 Å². The van der Waals surface area contributed by atoms with Gasteiger partial charge in [0.05, 0.1) is 0 Å². The molecular formula is C44H60N4O4. The molecule has 8 N–H and O–H groups in total. The maximum Gasteiger partial charge on any atom is 0.147 e. The van der Waals surface area contributed by atoms with Gasteiger partial charge in [0.1, 0.15) is 47.9 Å². The lowest BCUT2D eigenvalue weighted by Crippen LogP contribution is -2.29. The Morgan fingerprint density at radius 2 is 0.538 bits per heavy atom. The number of fused-ring (bicyclic) bond motifs is 8. The van der Waals surface area contributed by atoms with Crippen molar-refractivity contribution < 1.29 is 18.9 Å². The second-order valence-electron chi connectivity index (χ2n) is 14.1. The minimum absolute atomic E-state index is 0.446. The topological polar surface area (TPSA) is 141 Å². The highest BCUT2D eigenvalue weighted by atomic mass is 16.5. The molecule has 1 aliphatic carbocycles. The van der Waals surface area contributed by atoms with E-state index in [-0.39, 0.29) is 0 Å². The summed E-state index contributed by atoms with van der Waals surface area (Å²) in [6.45, 7) is 8.47. The Hall–Kier alpha value is -4.08. The Bertz CT molecular complexity index is 1410. The fourth-order valence-electron chi connectivity index (χ4n) is 7.07. The Morgan fingerprint density at radius 1 is 0.365 bits per heavy atom. The first kappa shape index (κ1) is 39.1.